The van der Waals surface area contributed by atoms with Gasteiger partial charge in [-0.05, 0) is 46.2 Å². The highest BCUT2D eigenvalue weighted by molar-refractivity contribution is 5.79. The molecule has 184 valence electrons. The molecule has 0 aromatic rings. The van der Waals surface area contributed by atoms with E-state index in [0.717, 1.165) is 64.7 Å². The number of nitrogens with two attached hydrogens (primary N) is 2. The smallest absolute Gasteiger partial charge is 0.225 e. The molecular weight excluding hydrogens is 408 g/mol. The predicted molar refractivity (Wildman–Crippen MR) is 125 cm³/mol. The number of likely N-dealkylation sites (tertiary alicyclic amines) is 1. The van der Waals surface area contributed by atoms with E-state index in [1.54, 1.807) is 0 Å². The standard InChI is InChI=1S/C22H44N8O2/c1-28(2)10-11-29(3)21(32)15-6-4-8-17(12-15)26-20-18(19(24)31)13-25-22(27-20)30-9-5-7-16(23)14-30/h15-18,20,22,25-27H,4-14,23H2,1-3H3,(H2,24,31)/t15?,16-,17?,18?,20?,22?/m0/s1. The van der Waals surface area contributed by atoms with E-state index < -0.39 is 0 Å². The minimum absolute atomic E-state index is 0.0260. The molecule has 0 aromatic carbocycles. The van der Waals surface area contributed by atoms with Crippen LogP contribution in [0.3, 0.4) is 0 Å². The Labute approximate surface area is 192 Å². The number of rotatable bonds is 8. The summed E-state index contributed by atoms with van der Waals surface area (Å²) in [4.78, 5) is 31.4. The predicted octanol–water partition coefficient (Wildman–Crippen LogP) is -1.52. The van der Waals surface area contributed by atoms with Gasteiger partial charge >= 0.3 is 0 Å². The fraction of sp³-hybridized carbons (Fsp3) is 0.909. The van der Waals surface area contributed by atoms with E-state index >= 15 is 0 Å². The van der Waals surface area contributed by atoms with E-state index in [0.29, 0.717) is 6.54 Å². The Balaban J connectivity index is 1.58. The Kier molecular flexibility index (Phi) is 9.27. The SMILES string of the molecule is CN(C)CCN(C)C(=O)C1CCCC(NC2NC(N3CCC[C@H](N)C3)NCC2C(N)=O)C1. The summed E-state index contributed by atoms with van der Waals surface area (Å²) in [6, 6.07) is 0.365. The third-order valence-electron chi connectivity index (χ3n) is 7.19. The lowest BCUT2D eigenvalue weighted by Gasteiger charge is -2.46. The molecule has 0 radical (unpaired) electrons. The largest absolute Gasteiger partial charge is 0.369 e. The molecule has 1 saturated carbocycles. The monoisotopic (exact) mass is 452 g/mol. The van der Waals surface area contributed by atoms with Crippen LogP contribution in [0.15, 0.2) is 0 Å². The lowest BCUT2D eigenvalue weighted by Crippen LogP contribution is -2.72. The Bertz CT molecular complexity index is 633. The van der Waals surface area contributed by atoms with Crippen molar-refractivity contribution in [2.24, 2.45) is 23.3 Å². The number of nitrogens with zero attached hydrogens (tertiary/aromatic N) is 3. The first kappa shape index (κ1) is 25.3. The third kappa shape index (κ3) is 6.85. The van der Waals surface area contributed by atoms with Gasteiger partial charge in [-0.2, -0.15) is 0 Å². The summed E-state index contributed by atoms with van der Waals surface area (Å²) in [6.45, 7) is 3.93. The second-order valence-corrected chi connectivity index (χ2v) is 10.2. The maximum absolute atomic E-state index is 13.0. The van der Waals surface area contributed by atoms with Gasteiger partial charge in [0.05, 0.1) is 12.1 Å². The first-order valence-electron chi connectivity index (χ1n) is 12.2. The van der Waals surface area contributed by atoms with Crippen molar-refractivity contribution < 1.29 is 9.59 Å². The molecule has 0 aromatic heterocycles. The van der Waals surface area contributed by atoms with Gasteiger partial charge < -0.3 is 21.3 Å². The van der Waals surface area contributed by atoms with Gasteiger partial charge in [-0.3, -0.25) is 30.4 Å². The Morgan fingerprint density at radius 3 is 2.59 bits per heavy atom. The normalized spacial score (nSPS) is 34.4. The van der Waals surface area contributed by atoms with Crippen LogP contribution in [-0.2, 0) is 9.59 Å². The molecule has 3 fully saturated rings. The van der Waals surface area contributed by atoms with Crippen molar-refractivity contribution in [3.05, 3.63) is 0 Å². The second kappa shape index (κ2) is 11.7. The van der Waals surface area contributed by atoms with Gasteiger partial charge in [0.15, 0.2) is 0 Å². The van der Waals surface area contributed by atoms with Crippen LogP contribution in [0, 0.1) is 11.8 Å². The Morgan fingerprint density at radius 1 is 1.12 bits per heavy atom. The number of nitrogens with one attached hydrogen (secondary N) is 3. The topological polar surface area (TPSA) is 132 Å². The highest BCUT2D eigenvalue weighted by Gasteiger charge is 2.38. The number of likely N-dealkylation sites (N-methyl/N-ethyl adjacent to an activating group) is 2. The quantitative estimate of drug-likeness (QED) is 0.300. The lowest BCUT2D eigenvalue weighted by atomic mass is 9.84. The fourth-order valence-corrected chi connectivity index (χ4v) is 5.23. The summed E-state index contributed by atoms with van der Waals surface area (Å²) in [5.41, 5.74) is 11.9. The second-order valence-electron chi connectivity index (χ2n) is 10.2. The van der Waals surface area contributed by atoms with Crippen LogP contribution < -0.4 is 27.4 Å². The first-order chi connectivity index (χ1) is 15.2. The van der Waals surface area contributed by atoms with E-state index in [4.69, 9.17) is 11.5 Å². The van der Waals surface area contributed by atoms with Gasteiger partial charge in [0.1, 0.15) is 6.29 Å². The Hall–Kier alpha value is -1.30. The summed E-state index contributed by atoms with van der Waals surface area (Å²) in [7, 11) is 5.93. The van der Waals surface area contributed by atoms with E-state index in [9.17, 15) is 9.59 Å². The highest BCUT2D eigenvalue weighted by atomic mass is 16.2. The number of piperidine rings is 1. The maximum Gasteiger partial charge on any atom is 0.225 e. The average Bonchev–Trinajstić information content (AvgIpc) is 2.77. The van der Waals surface area contributed by atoms with Gasteiger partial charge in [-0.15, -0.1) is 0 Å². The zero-order valence-corrected chi connectivity index (χ0v) is 20.1. The van der Waals surface area contributed by atoms with Crippen molar-refractivity contribution in [2.45, 2.75) is 63.1 Å². The minimum atomic E-state index is -0.344. The zero-order valence-electron chi connectivity index (χ0n) is 20.1. The highest BCUT2D eigenvalue weighted by Crippen LogP contribution is 2.27. The maximum atomic E-state index is 13.0. The van der Waals surface area contributed by atoms with Crippen LogP contribution >= 0.6 is 0 Å². The molecule has 2 saturated heterocycles. The van der Waals surface area contributed by atoms with Crippen LogP contribution in [0.25, 0.3) is 0 Å². The van der Waals surface area contributed by atoms with Gasteiger partial charge in [-0.25, -0.2) is 0 Å². The molecule has 10 nitrogen and oxygen atoms in total. The van der Waals surface area contributed by atoms with Crippen molar-refractivity contribution in [1.82, 2.24) is 30.7 Å². The summed E-state index contributed by atoms with van der Waals surface area (Å²) < 4.78 is 0. The van der Waals surface area contributed by atoms with Crippen LogP contribution in [0.1, 0.15) is 38.5 Å². The molecule has 0 bridgehead atoms. The molecular formula is C22H44N8O2. The van der Waals surface area contributed by atoms with E-state index in [1.165, 1.54) is 0 Å². The van der Waals surface area contributed by atoms with Crippen molar-refractivity contribution in [1.29, 1.82) is 0 Å². The van der Waals surface area contributed by atoms with E-state index in [-0.39, 0.29) is 48.2 Å². The fourth-order valence-electron chi connectivity index (χ4n) is 5.23. The molecule has 6 atom stereocenters. The van der Waals surface area contributed by atoms with Crippen molar-refractivity contribution in [2.75, 3.05) is 53.9 Å². The molecule has 5 unspecified atom stereocenters. The van der Waals surface area contributed by atoms with Crippen molar-refractivity contribution in [3.8, 4) is 0 Å². The molecule has 7 N–H and O–H groups in total. The molecule has 3 rings (SSSR count). The number of primary amides is 1. The van der Waals surface area contributed by atoms with Crippen LogP contribution in [0.4, 0.5) is 0 Å². The van der Waals surface area contributed by atoms with Crippen molar-refractivity contribution in [3.63, 3.8) is 0 Å². The molecule has 2 aliphatic heterocycles. The van der Waals surface area contributed by atoms with Gasteiger partial charge in [0.25, 0.3) is 0 Å². The molecule has 1 aliphatic carbocycles. The number of carbonyl (C=O) groups excluding carboxylic acids is 2. The molecule has 10 heteroatoms. The number of hydrogen-bond acceptors (Lipinski definition) is 8. The molecule has 2 amide bonds. The Morgan fingerprint density at radius 2 is 1.91 bits per heavy atom. The molecule has 32 heavy (non-hydrogen) atoms. The molecule has 3 aliphatic rings. The summed E-state index contributed by atoms with van der Waals surface area (Å²) >= 11 is 0. The van der Waals surface area contributed by atoms with E-state index in [2.05, 4.69) is 25.8 Å². The third-order valence-corrected chi connectivity index (χ3v) is 7.19. The number of amides is 2. The average molecular weight is 453 g/mol. The summed E-state index contributed by atoms with van der Waals surface area (Å²) in [5.74, 6) is -0.409. The molecule has 0 spiro atoms. The lowest BCUT2D eigenvalue weighted by molar-refractivity contribution is -0.136. The summed E-state index contributed by atoms with van der Waals surface area (Å²) in [6.07, 6.45) is 5.60. The summed E-state index contributed by atoms with van der Waals surface area (Å²) in [5, 5.41) is 10.6. The minimum Gasteiger partial charge on any atom is -0.369 e. The number of carbonyl (C=O) groups is 2. The van der Waals surface area contributed by atoms with Crippen LogP contribution in [0.2, 0.25) is 0 Å². The first-order valence-corrected chi connectivity index (χ1v) is 12.2. The van der Waals surface area contributed by atoms with Crippen LogP contribution in [0.5, 0.6) is 0 Å². The van der Waals surface area contributed by atoms with E-state index in [1.807, 2.05) is 26.0 Å². The van der Waals surface area contributed by atoms with Crippen LogP contribution in [-0.4, -0.2) is 105 Å². The number of hydrogen-bond donors (Lipinski definition) is 5. The van der Waals surface area contributed by atoms with Gasteiger partial charge in [-0.1, -0.05) is 6.42 Å². The van der Waals surface area contributed by atoms with Crippen molar-refractivity contribution >= 4 is 11.8 Å². The zero-order chi connectivity index (χ0) is 23.3. The molecule has 2 heterocycles. The van der Waals surface area contributed by atoms with Gasteiger partial charge in [0, 0.05) is 57.8 Å². The van der Waals surface area contributed by atoms with Gasteiger partial charge in [0.2, 0.25) is 11.8 Å².